The van der Waals surface area contributed by atoms with Gasteiger partial charge in [-0.25, -0.2) is 13.6 Å². The van der Waals surface area contributed by atoms with E-state index in [9.17, 15) is 8.42 Å². The van der Waals surface area contributed by atoms with E-state index in [-0.39, 0.29) is 17.4 Å². The second-order valence-corrected chi connectivity index (χ2v) is 5.92. The number of nitrogen functional groups attached to an aromatic ring is 1. The van der Waals surface area contributed by atoms with Gasteiger partial charge in [0.1, 0.15) is 5.75 Å². The molecule has 0 spiro atoms. The number of ether oxygens (including phenoxy) is 3. The summed E-state index contributed by atoms with van der Waals surface area (Å²) in [5, 5.41) is 5.08. The molecule has 0 unspecified atom stereocenters. The molecule has 0 aromatic heterocycles. The van der Waals surface area contributed by atoms with Crippen LogP contribution in [0.5, 0.6) is 23.0 Å². The Bertz CT molecular complexity index is 804. The number of fused-ring (bicyclic) bond motifs is 1. The molecule has 7 nitrogen and oxygen atoms in total. The Morgan fingerprint density at radius 1 is 1.05 bits per heavy atom. The van der Waals surface area contributed by atoms with Crippen LogP contribution in [-0.2, 0) is 10.0 Å². The van der Waals surface area contributed by atoms with E-state index in [0.717, 1.165) is 0 Å². The van der Waals surface area contributed by atoms with Crippen molar-refractivity contribution in [1.82, 2.24) is 0 Å². The molecular weight excluding hydrogens is 296 g/mol. The van der Waals surface area contributed by atoms with Crippen molar-refractivity contribution in [1.29, 1.82) is 0 Å². The van der Waals surface area contributed by atoms with E-state index >= 15 is 0 Å². The quantitative estimate of drug-likeness (QED) is 0.829. The summed E-state index contributed by atoms with van der Waals surface area (Å²) in [7, 11) is -3.82. The average molecular weight is 308 g/mol. The van der Waals surface area contributed by atoms with E-state index in [0.29, 0.717) is 22.9 Å². The molecule has 0 atom stereocenters. The Kier molecular flexibility index (Phi) is 3.11. The maximum absolute atomic E-state index is 11.3. The van der Waals surface area contributed by atoms with Crippen LogP contribution in [0, 0.1) is 0 Å². The van der Waals surface area contributed by atoms with Gasteiger partial charge in [0.15, 0.2) is 17.2 Å². The molecule has 0 saturated heterocycles. The minimum Gasteiger partial charge on any atom is -0.455 e. The van der Waals surface area contributed by atoms with Crippen molar-refractivity contribution in [3.05, 3.63) is 36.4 Å². The van der Waals surface area contributed by atoms with Crippen LogP contribution in [0.15, 0.2) is 41.3 Å². The summed E-state index contributed by atoms with van der Waals surface area (Å²) in [4.78, 5) is -0.0764. The maximum Gasteiger partial charge on any atom is 0.238 e. The Morgan fingerprint density at radius 3 is 2.57 bits per heavy atom. The third kappa shape index (κ3) is 2.71. The number of benzene rings is 2. The normalized spacial score (nSPS) is 13.2. The third-order valence-electron chi connectivity index (χ3n) is 2.89. The average Bonchev–Trinajstić information content (AvgIpc) is 2.87. The van der Waals surface area contributed by atoms with Crippen LogP contribution >= 0.6 is 0 Å². The van der Waals surface area contributed by atoms with Crippen molar-refractivity contribution in [3.63, 3.8) is 0 Å². The summed E-state index contributed by atoms with van der Waals surface area (Å²) in [6.07, 6.45) is 0. The van der Waals surface area contributed by atoms with Gasteiger partial charge < -0.3 is 19.9 Å². The summed E-state index contributed by atoms with van der Waals surface area (Å²) in [6.45, 7) is 0.155. The fourth-order valence-corrected chi connectivity index (χ4v) is 2.38. The molecule has 4 N–H and O–H groups in total. The second-order valence-electron chi connectivity index (χ2n) is 4.36. The lowest BCUT2D eigenvalue weighted by atomic mass is 10.3. The smallest absolute Gasteiger partial charge is 0.238 e. The summed E-state index contributed by atoms with van der Waals surface area (Å²) < 4.78 is 38.7. The summed E-state index contributed by atoms with van der Waals surface area (Å²) >= 11 is 0. The molecule has 1 heterocycles. The maximum atomic E-state index is 11.3. The Hall–Kier alpha value is -2.45. The van der Waals surface area contributed by atoms with Crippen molar-refractivity contribution in [2.24, 2.45) is 5.14 Å². The van der Waals surface area contributed by atoms with Crippen molar-refractivity contribution in [2.75, 3.05) is 12.5 Å². The molecule has 8 heteroatoms. The molecule has 0 radical (unpaired) electrons. The Morgan fingerprint density at radius 2 is 1.81 bits per heavy atom. The fraction of sp³-hybridized carbons (Fsp3) is 0.0769. The highest BCUT2D eigenvalue weighted by Gasteiger charge is 2.16. The predicted octanol–water partition coefficient (Wildman–Crippen LogP) is 1.44. The van der Waals surface area contributed by atoms with Crippen LogP contribution < -0.4 is 25.1 Å². The highest BCUT2D eigenvalue weighted by molar-refractivity contribution is 7.89. The molecule has 21 heavy (non-hydrogen) atoms. The largest absolute Gasteiger partial charge is 0.455 e. The molecule has 1 aliphatic rings. The molecule has 0 saturated carbocycles. The Labute approximate surface area is 121 Å². The van der Waals surface area contributed by atoms with Gasteiger partial charge in [-0.15, -0.1) is 0 Å². The van der Waals surface area contributed by atoms with Crippen LogP contribution in [0.1, 0.15) is 0 Å². The SMILES string of the molecule is Nc1ccc(S(N)(=O)=O)cc1Oc1ccc2c(c1)OCO2. The molecule has 1 aliphatic heterocycles. The molecule has 0 amide bonds. The van der Waals surface area contributed by atoms with E-state index in [1.54, 1.807) is 18.2 Å². The van der Waals surface area contributed by atoms with E-state index in [4.69, 9.17) is 25.1 Å². The van der Waals surface area contributed by atoms with Gasteiger partial charge in [-0.05, 0) is 24.3 Å². The summed E-state index contributed by atoms with van der Waals surface area (Å²) in [5.41, 5.74) is 6.07. The highest BCUT2D eigenvalue weighted by Crippen LogP contribution is 2.37. The molecule has 0 aliphatic carbocycles. The minimum atomic E-state index is -3.82. The molecule has 3 rings (SSSR count). The molecule has 2 aromatic rings. The third-order valence-corrected chi connectivity index (χ3v) is 3.80. The first-order chi connectivity index (χ1) is 9.93. The van der Waals surface area contributed by atoms with Crippen LogP contribution in [0.25, 0.3) is 0 Å². The van der Waals surface area contributed by atoms with Crippen LogP contribution in [0.3, 0.4) is 0 Å². The number of nitrogens with two attached hydrogens (primary N) is 2. The lowest BCUT2D eigenvalue weighted by Crippen LogP contribution is -2.12. The fourth-order valence-electron chi connectivity index (χ4n) is 1.85. The van der Waals surface area contributed by atoms with Gasteiger partial charge in [0.05, 0.1) is 10.6 Å². The number of rotatable bonds is 3. The molecule has 110 valence electrons. The lowest BCUT2D eigenvalue weighted by Gasteiger charge is -2.10. The van der Waals surface area contributed by atoms with Gasteiger partial charge in [0, 0.05) is 12.1 Å². The lowest BCUT2D eigenvalue weighted by molar-refractivity contribution is 0.174. The minimum absolute atomic E-state index is 0.0764. The standard InChI is InChI=1S/C13H12N2O5S/c14-10-3-2-9(21(15,16)17)6-12(10)20-8-1-4-11-13(5-8)19-7-18-11/h1-6H,7,14H2,(H2,15,16,17). The van der Waals surface area contributed by atoms with Gasteiger partial charge >= 0.3 is 0 Å². The second kappa shape index (κ2) is 4.83. The number of primary sulfonamides is 1. The van der Waals surface area contributed by atoms with E-state index in [1.807, 2.05) is 0 Å². The highest BCUT2D eigenvalue weighted by atomic mass is 32.2. The predicted molar refractivity (Wildman–Crippen MR) is 74.9 cm³/mol. The van der Waals surface area contributed by atoms with Crippen molar-refractivity contribution in [2.45, 2.75) is 4.90 Å². The zero-order valence-electron chi connectivity index (χ0n) is 10.8. The first-order valence-electron chi connectivity index (χ1n) is 5.93. The van der Waals surface area contributed by atoms with E-state index < -0.39 is 10.0 Å². The van der Waals surface area contributed by atoms with Crippen molar-refractivity contribution in [3.8, 4) is 23.0 Å². The monoisotopic (exact) mass is 308 g/mol. The zero-order valence-corrected chi connectivity index (χ0v) is 11.6. The van der Waals surface area contributed by atoms with Crippen LogP contribution in [0.2, 0.25) is 0 Å². The molecule has 0 fully saturated rings. The first-order valence-corrected chi connectivity index (χ1v) is 7.48. The number of anilines is 1. The van der Waals surface area contributed by atoms with Crippen molar-refractivity contribution < 1.29 is 22.6 Å². The summed E-state index contributed by atoms with van der Waals surface area (Å²) in [6, 6.07) is 8.99. The number of sulfonamides is 1. The molecular formula is C13H12N2O5S. The molecule has 0 bridgehead atoms. The molecule has 2 aromatic carbocycles. The van der Waals surface area contributed by atoms with Crippen LogP contribution in [-0.4, -0.2) is 15.2 Å². The number of hydrogen-bond acceptors (Lipinski definition) is 6. The van der Waals surface area contributed by atoms with Crippen molar-refractivity contribution >= 4 is 15.7 Å². The number of hydrogen-bond donors (Lipinski definition) is 2. The van der Waals surface area contributed by atoms with Gasteiger partial charge in [-0.1, -0.05) is 0 Å². The topological polar surface area (TPSA) is 114 Å². The van der Waals surface area contributed by atoms with E-state index in [1.165, 1.54) is 18.2 Å². The van der Waals surface area contributed by atoms with Gasteiger partial charge in [-0.2, -0.15) is 0 Å². The Balaban J connectivity index is 1.94. The van der Waals surface area contributed by atoms with Gasteiger partial charge in [0.25, 0.3) is 0 Å². The first kappa shape index (κ1) is 13.5. The van der Waals surface area contributed by atoms with Crippen LogP contribution in [0.4, 0.5) is 5.69 Å². The summed E-state index contributed by atoms with van der Waals surface area (Å²) in [5.74, 6) is 1.81. The van der Waals surface area contributed by atoms with E-state index in [2.05, 4.69) is 0 Å². The zero-order chi connectivity index (χ0) is 15.0. The van der Waals surface area contributed by atoms with Gasteiger partial charge in [-0.3, -0.25) is 0 Å². The van der Waals surface area contributed by atoms with Gasteiger partial charge in [0.2, 0.25) is 16.8 Å².